The van der Waals surface area contributed by atoms with Gasteiger partial charge in [-0.2, -0.15) is 0 Å². The van der Waals surface area contributed by atoms with Crippen LogP contribution in [0.4, 0.5) is 10.1 Å². The van der Waals surface area contributed by atoms with Crippen molar-refractivity contribution in [2.45, 2.75) is 33.6 Å². The van der Waals surface area contributed by atoms with Gasteiger partial charge in [0.2, 0.25) is 0 Å². The second kappa shape index (κ2) is 6.53. The number of anilines is 1. The van der Waals surface area contributed by atoms with Crippen molar-refractivity contribution < 1.29 is 9.18 Å². The minimum Gasteiger partial charge on any atom is -0.371 e. The van der Waals surface area contributed by atoms with Crippen LogP contribution >= 0.6 is 0 Å². The molecular weight excluding hydrogens is 229 g/mol. The first-order chi connectivity index (χ1) is 8.54. The van der Waals surface area contributed by atoms with E-state index >= 15 is 0 Å². The second-order valence-electron chi connectivity index (χ2n) is 5.02. The minimum absolute atomic E-state index is 0.241. The van der Waals surface area contributed by atoms with E-state index in [1.54, 1.807) is 6.07 Å². The lowest BCUT2D eigenvalue weighted by atomic mass is 9.86. The van der Waals surface area contributed by atoms with Crippen LogP contribution in [-0.4, -0.2) is 19.4 Å². The Kier molecular flexibility index (Phi) is 5.32. The predicted molar refractivity (Wildman–Crippen MR) is 73.4 cm³/mol. The number of aldehydes is 1. The maximum absolute atomic E-state index is 13.2. The van der Waals surface area contributed by atoms with Crippen molar-refractivity contribution in [2.75, 3.05) is 18.0 Å². The summed E-state index contributed by atoms with van der Waals surface area (Å²) in [4.78, 5) is 13.3. The maximum Gasteiger partial charge on any atom is 0.127 e. The molecule has 1 rings (SSSR count). The molecule has 18 heavy (non-hydrogen) atoms. The van der Waals surface area contributed by atoms with E-state index in [0.29, 0.717) is 6.54 Å². The van der Waals surface area contributed by atoms with Gasteiger partial charge in [0, 0.05) is 24.2 Å². The Morgan fingerprint density at radius 3 is 2.61 bits per heavy atom. The van der Waals surface area contributed by atoms with E-state index in [-0.39, 0.29) is 11.2 Å². The summed E-state index contributed by atoms with van der Waals surface area (Å²) in [6.45, 7) is 7.44. The molecule has 0 saturated carbocycles. The summed E-state index contributed by atoms with van der Waals surface area (Å²) in [5.41, 5.74) is 0.471. The van der Waals surface area contributed by atoms with Crippen LogP contribution in [0.2, 0.25) is 0 Å². The number of halogens is 1. The highest BCUT2D eigenvalue weighted by molar-refractivity contribution is 5.61. The van der Waals surface area contributed by atoms with Crippen LogP contribution < -0.4 is 4.90 Å². The standard InChI is InChI=1S/C15H22FNO/c1-4-9-15(3,12-18)11-17(5-2)14-8-6-7-13(16)10-14/h6-8,10,12H,4-5,9,11H2,1-3H3. The van der Waals surface area contributed by atoms with Gasteiger partial charge in [-0.3, -0.25) is 0 Å². The predicted octanol–water partition coefficient (Wildman–Crippen LogP) is 3.66. The van der Waals surface area contributed by atoms with E-state index in [2.05, 4.69) is 6.92 Å². The van der Waals surface area contributed by atoms with Crippen molar-refractivity contribution in [1.82, 2.24) is 0 Å². The van der Waals surface area contributed by atoms with Gasteiger partial charge < -0.3 is 9.69 Å². The molecule has 0 aromatic heterocycles. The Morgan fingerprint density at radius 1 is 1.39 bits per heavy atom. The van der Waals surface area contributed by atoms with Crippen LogP contribution in [-0.2, 0) is 4.79 Å². The number of carbonyl (C=O) groups is 1. The Bertz CT molecular complexity index is 394. The van der Waals surface area contributed by atoms with E-state index in [1.165, 1.54) is 12.1 Å². The van der Waals surface area contributed by atoms with Gasteiger partial charge in [0.05, 0.1) is 0 Å². The lowest BCUT2D eigenvalue weighted by molar-refractivity contribution is -0.115. The molecule has 0 aliphatic rings. The third-order valence-corrected chi connectivity index (χ3v) is 3.21. The molecule has 2 nitrogen and oxygen atoms in total. The molecule has 0 spiro atoms. The molecule has 1 atom stereocenters. The Balaban J connectivity index is 2.87. The van der Waals surface area contributed by atoms with E-state index < -0.39 is 0 Å². The zero-order chi connectivity index (χ0) is 13.6. The largest absolute Gasteiger partial charge is 0.371 e. The van der Waals surface area contributed by atoms with E-state index in [9.17, 15) is 9.18 Å². The van der Waals surface area contributed by atoms with Crippen molar-refractivity contribution in [3.05, 3.63) is 30.1 Å². The van der Waals surface area contributed by atoms with Gasteiger partial charge in [0.1, 0.15) is 12.1 Å². The maximum atomic E-state index is 13.2. The Morgan fingerprint density at radius 2 is 2.11 bits per heavy atom. The molecule has 0 amide bonds. The topological polar surface area (TPSA) is 20.3 Å². The number of hydrogen-bond donors (Lipinski definition) is 0. The van der Waals surface area contributed by atoms with Crippen molar-refractivity contribution in [3.63, 3.8) is 0 Å². The summed E-state index contributed by atoms with van der Waals surface area (Å²) < 4.78 is 13.2. The first-order valence-electron chi connectivity index (χ1n) is 6.51. The molecule has 1 aromatic carbocycles. The average Bonchev–Trinajstić information content (AvgIpc) is 2.36. The highest BCUT2D eigenvalue weighted by atomic mass is 19.1. The summed E-state index contributed by atoms with van der Waals surface area (Å²) in [6, 6.07) is 6.53. The van der Waals surface area contributed by atoms with Gasteiger partial charge in [0.15, 0.2) is 0 Å². The minimum atomic E-state index is -0.364. The molecule has 0 heterocycles. The van der Waals surface area contributed by atoms with E-state index in [0.717, 1.165) is 31.4 Å². The number of carbonyl (C=O) groups excluding carboxylic acids is 1. The van der Waals surface area contributed by atoms with Crippen LogP contribution in [0.5, 0.6) is 0 Å². The zero-order valence-electron chi connectivity index (χ0n) is 11.4. The fourth-order valence-electron chi connectivity index (χ4n) is 2.24. The molecule has 0 bridgehead atoms. The van der Waals surface area contributed by atoms with Gasteiger partial charge in [0.25, 0.3) is 0 Å². The summed E-state index contributed by atoms with van der Waals surface area (Å²) in [6.07, 6.45) is 2.84. The van der Waals surface area contributed by atoms with Crippen molar-refractivity contribution in [1.29, 1.82) is 0 Å². The van der Waals surface area contributed by atoms with Crippen molar-refractivity contribution >= 4 is 12.0 Å². The lowest BCUT2D eigenvalue weighted by Crippen LogP contribution is -2.37. The molecule has 0 N–H and O–H groups in total. The summed E-state index contributed by atoms with van der Waals surface area (Å²) >= 11 is 0. The Labute approximate surface area is 109 Å². The number of hydrogen-bond acceptors (Lipinski definition) is 2. The molecule has 0 saturated heterocycles. The van der Waals surface area contributed by atoms with Crippen LogP contribution in [0.15, 0.2) is 24.3 Å². The fraction of sp³-hybridized carbons (Fsp3) is 0.533. The average molecular weight is 251 g/mol. The lowest BCUT2D eigenvalue weighted by Gasteiger charge is -2.32. The first-order valence-corrected chi connectivity index (χ1v) is 6.51. The van der Waals surface area contributed by atoms with Crippen LogP contribution in [0.3, 0.4) is 0 Å². The quantitative estimate of drug-likeness (QED) is 0.689. The van der Waals surface area contributed by atoms with Gasteiger partial charge in [-0.1, -0.05) is 26.3 Å². The fourth-order valence-corrected chi connectivity index (χ4v) is 2.24. The molecule has 100 valence electrons. The molecule has 3 heteroatoms. The van der Waals surface area contributed by atoms with E-state index in [4.69, 9.17) is 0 Å². The summed E-state index contributed by atoms with van der Waals surface area (Å²) in [5.74, 6) is -0.241. The van der Waals surface area contributed by atoms with E-state index in [1.807, 2.05) is 24.8 Å². The molecule has 0 radical (unpaired) electrons. The zero-order valence-corrected chi connectivity index (χ0v) is 11.4. The normalized spacial score (nSPS) is 14.0. The van der Waals surface area contributed by atoms with Crippen LogP contribution in [0, 0.1) is 11.2 Å². The summed E-state index contributed by atoms with van der Waals surface area (Å²) in [5, 5.41) is 0. The number of nitrogens with zero attached hydrogens (tertiary/aromatic N) is 1. The molecule has 0 aliphatic carbocycles. The molecule has 1 unspecified atom stereocenters. The highest BCUT2D eigenvalue weighted by Crippen LogP contribution is 2.25. The molecule has 0 fully saturated rings. The third-order valence-electron chi connectivity index (χ3n) is 3.21. The third kappa shape index (κ3) is 3.83. The Hall–Kier alpha value is -1.38. The molecule has 1 aromatic rings. The van der Waals surface area contributed by atoms with Gasteiger partial charge in [-0.25, -0.2) is 4.39 Å². The van der Waals surface area contributed by atoms with Crippen molar-refractivity contribution in [2.24, 2.45) is 5.41 Å². The van der Waals surface area contributed by atoms with Crippen LogP contribution in [0.1, 0.15) is 33.6 Å². The smallest absolute Gasteiger partial charge is 0.127 e. The number of rotatable bonds is 7. The van der Waals surface area contributed by atoms with Gasteiger partial charge >= 0.3 is 0 Å². The summed E-state index contributed by atoms with van der Waals surface area (Å²) in [7, 11) is 0. The molecule has 0 aliphatic heterocycles. The van der Waals surface area contributed by atoms with Gasteiger partial charge in [-0.15, -0.1) is 0 Å². The van der Waals surface area contributed by atoms with Crippen LogP contribution in [0.25, 0.3) is 0 Å². The van der Waals surface area contributed by atoms with Crippen molar-refractivity contribution in [3.8, 4) is 0 Å². The highest BCUT2D eigenvalue weighted by Gasteiger charge is 2.25. The number of benzene rings is 1. The molecular formula is C15H22FNO. The first kappa shape index (κ1) is 14.7. The second-order valence-corrected chi connectivity index (χ2v) is 5.02. The van der Waals surface area contributed by atoms with Gasteiger partial charge in [-0.05, 0) is 31.5 Å². The SMILES string of the molecule is CCCC(C)(C=O)CN(CC)c1cccc(F)c1. The monoisotopic (exact) mass is 251 g/mol.